The van der Waals surface area contributed by atoms with Crippen LogP contribution in [0.15, 0.2) is 0 Å². The van der Waals surface area contributed by atoms with Crippen LogP contribution in [0.4, 0.5) is 0 Å². The molecule has 0 radical (unpaired) electrons. The van der Waals surface area contributed by atoms with E-state index in [0.717, 1.165) is 19.5 Å². The average Bonchev–Trinajstić information content (AvgIpc) is 2.25. The normalized spacial score (nSPS) is 21.2. The largest absolute Gasteiger partial charge is 0.346 e. The Morgan fingerprint density at radius 1 is 1.53 bits per heavy atom. The summed E-state index contributed by atoms with van der Waals surface area (Å²) in [6.07, 6.45) is 2.23. The van der Waals surface area contributed by atoms with Gasteiger partial charge in [-0.05, 0) is 18.8 Å². The van der Waals surface area contributed by atoms with E-state index in [2.05, 4.69) is 12.2 Å². The molecule has 0 aliphatic carbocycles. The van der Waals surface area contributed by atoms with Crippen LogP contribution in [-0.2, 0) is 9.59 Å². The van der Waals surface area contributed by atoms with Gasteiger partial charge in [0.25, 0.3) is 0 Å². The van der Waals surface area contributed by atoms with Crippen molar-refractivity contribution in [3.63, 3.8) is 0 Å². The van der Waals surface area contributed by atoms with Crippen LogP contribution in [0.1, 0.15) is 19.8 Å². The molecule has 1 fully saturated rings. The van der Waals surface area contributed by atoms with Crippen molar-refractivity contribution in [1.29, 1.82) is 0 Å². The molecule has 86 valence electrons. The molecule has 3 N–H and O–H groups in total. The topological polar surface area (TPSA) is 75.4 Å². The number of nitrogens with one attached hydrogen (secondary N) is 1. The predicted molar refractivity (Wildman–Crippen MR) is 57.0 cm³/mol. The van der Waals surface area contributed by atoms with Crippen molar-refractivity contribution in [3.05, 3.63) is 0 Å². The maximum atomic E-state index is 11.6. The molecule has 1 rings (SSSR count). The second-order valence-corrected chi connectivity index (χ2v) is 4.07. The van der Waals surface area contributed by atoms with E-state index in [0.29, 0.717) is 5.92 Å². The molecule has 2 amide bonds. The monoisotopic (exact) mass is 213 g/mol. The van der Waals surface area contributed by atoms with Gasteiger partial charge in [-0.25, -0.2) is 0 Å². The standard InChI is InChI=1S/C10H19N3O2/c1-8-3-2-4-13(7-8)10(15)6-12-9(14)5-11/h8H,2-7,11H2,1H3,(H,12,14). The van der Waals surface area contributed by atoms with Gasteiger partial charge in [0.2, 0.25) is 11.8 Å². The Bertz CT molecular complexity index is 243. The van der Waals surface area contributed by atoms with E-state index in [1.54, 1.807) is 0 Å². The first-order chi connectivity index (χ1) is 7.13. The Balaban J connectivity index is 2.30. The molecule has 1 aliphatic heterocycles. The fraction of sp³-hybridized carbons (Fsp3) is 0.800. The number of amides is 2. The van der Waals surface area contributed by atoms with Crippen molar-refractivity contribution in [2.24, 2.45) is 11.7 Å². The van der Waals surface area contributed by atoms with Gasteiger partial charge in [-0.1, -0.05) is 6.92 Å². The van der Waals surface area contributed by atoms with Crippen molar-refractivity contribution in [2.45, 2.75) is 19.8 Å². The third-order valence-electron chi connectivity index (χ3n) is 2.63. The SMILES string of the molecule is CC1CCCN(C(=O)CNC(=O)CN)C1. The highest BCUT2D eigenvalue weighted by atomic mass is 16.2. The maximum Gasteiger partial charge on any atom is 0.241 e. The minimum absolute atomic E-state index is 0.0108. The molecule has 1 heterocycles. The van der Waals surface area contributed by atoms with Crippen LogP contribution < -0.4 is 11.1 Å². The summed E-state index contributed by atoms with van der Waals surface area (Å²) < 4.78 is 0. The molecular formula is C10H19N3O2. The highest BCUT2D eigenvalue weighted by molar-refractivity contribution is 5.85. The summed E-state index contributed by atoms with van der Waals surface area (Å²) in [6, 6.07) is 0. The molecule has 0 bridgehead atoms. The van der Waals surface area contributed by atoms with Crippen LogP contribution in [0.25, 0.3) is 0 Å². The second-order valence-electron chi connectivity index (χ2n) is 4.07. The van der Waals surface area contributed by atoms with Crippen LogP contribution in [-0.4, -0.2) is 42.9 Å². The van der Waals surface area contributed by atoms with Gasteiger partial charge in [0.15, 0.2) is 0 Å². The number of carbonyl (C=O) groups excluding carboxylic acids is 2. The van der Waals surface area contributed by atoms with E-state index in [1.165, 1.54) is 6.42 Å². The Morgan fingerprint density at radius 3 is 2.87 bits per heavy atom. The molecule has 1 atom stereocenters. The molecule has 0 aromatic heterocycles. The molecule has 1 unspecified atom stereocenters. The summed E-state index contributed by atoms with van der Waals surface area (Å²) >= 11 is 0. The summed E-state index contributed by atoms with van der Waals surface area (Å²) in [4.78, 5) is 24.3. The molecule has 0 spiro atoms. The van der Waals surface area contributed by atoms with Crippen molar-refractivity contribution in [1.82, 2.24) is 10.2 Å². The van der Waals surface area contributed by atoms with Gasteiger partial charge in [0, 0.05) is 13.1 Å². The summed E-state index contributed by atoms with van der Waals surface area (Å²) in [6.45, 7) is 3.75. The first-order valence-corrected chi connectivity index (χ1v) is 5.38. The molecule has 1 aliphatic rings. The zero-order chi connectivity index (χ0) is 11.3. The van der Waals surface area contributed by atoms with Crippen LogP contribution >= 0.6 is 0 Å². The molecule has 0 aromatic rings. The van der Waals surface area contributed by atoms with E-state index < -0.39 is 0 Å². The van der Waals surface area contributed by atoms with E-state index >= 15 is 0 Å². The molecule has 0 saturated carbocycles. The van der Waals surface area contributed by atoms with E-state index in [9.17, 15) is 9.59 Å². The summed E-state index contributed by atoms with van der Waals surface area (Å²) in [5.74, 6) is 0.268. The fourth-order valence-corrected chi connectivity index (χ4v) is 1.77. The molecule has 5 heteroatoms. The van der Waals surface area contributed by atoms with Gasteiger partial charge < -0.3 is 16.0 Å². The van der Waals surface area contributed by atoms with Gasteiger partial charge in [-0.3, -0.25) is 9.59 Å². The van der Waals surface area contributed by atoms with Gasteiger partial charge in [-0.2, -0.15) is 0 Å². The predicted octanol–water partition coefficient (Wildman–Crippen LogP) is -0.680. The lowest BCUT2D eigenvalue weighted by molar-refractivity contribution is -0.134. The van der Waals surface area contributed by atoms with Crippen LogP contribution in [0.5, 0.6) is 0 Å². The van der Waals surface area contributed by atoms with Crippen molar-refractivity contribution in [2.75, 3.05) is 26.2 Å². The number of carbonyl (C=O) groups is 2. The second kappa shape index (κ2) is 5.70. The zero-order valence-corrected chi connectivity index (χ0v) is 9.16. The molecule has 5 nitrogen and oxygen atoms in total. The van der Waals surface area contributed by atoms with Gasteiger partial charge in [0.1, 0.15) is 0 Å². The third-order valence-corrected chi connectivity index (χ3v) is 2.63. The van der Waals surface area contributed by atoms with Crippen molar-refractivity contribution in [3.8, 4) is 0 Å². The molecule has 15 heavy (non-hydrogen) atoms. The summed E-state index contributed by atoms with van der Waals surface area (Å²) in [5, 5.41) is 2.49. The minimum atomic E-state index is -0.284. The summed E-state index contributed by atoms with van der Waals surface area (Å²) in [5.41, 5.74) is 5.12. The molecular weight excluding hydrogens is 194 g/mol. The highest BCUT2D eigenvalue weighted by Crippen LogP contribution is 2.14. The van der Waals surface area contributed by atoms with Crippen LogP contribution in [0.2, 0.25) is 0 Å². The smallest absolute Gasteiger partial charge is 0.241 e. The number of hydrogen-bond acceptors (Lipinski definition) is 3. The Labute approximate surface area is 90.0 Å². The number of nitrogens with two attached hydrogens (primary N) is 1. The number of rotatable bonds is 3. The van der Waals surface area contributed by atoms with Crippen LogP contribution in [0, 0.1) is 5.92 Å². The highest BCUT2D eigenvalue weighted by Gasteiger charge is 2.20. The van der Waals surface area contributed by atoms with Gasteiger partial charge in [-0.15, -0.1) is 0 Å². The lowest BCUT2D eigenvalue weighted by atomic mass is 10.0. The van der Waals surface area contributed by atoms with E-state index in [-0.39, 0.29) is 24.9 Å². The molecule has 1 saturated heterocycles. The van der Waals surface area contributed by atoms with Crippen LogP contribution in [0.3, 0.4) is 0 Å². The van der Waals surface area contributed by atoms with Gasteiger partial charge in [0.05, 0.1) is 13.1 Å². The van der Waals surface area contributed by atoms with Crippen molar-refractivity contribution < 1.29 is 9.59 Å². The van der Waals surface area contributed by atoms with Gasteiger partial charge >= 0.3 is 0 Å². The maximum absolute atomic E-state index is 11.6. The van der Waals surface area contributed by atoms with Crippen molar-refractivity contribution >= 4 is 11.8 Å². The fourth-order valence-electron chi connectivity index (χ4n) is 1.77. The number of hydrogen-bond donors (Lipinski definition) is 2. The van der Waals surface area contributed by atoms with E-state index in [1.807, 2.05) is 4.90 Å². The lowest BCUT2D eigenvalue weighted by Crippen LogP contribution is -2.45. The lowest BCUT2D eigenvalue weighted by Gasteiger charge is -2.30. The van der Waals surface area contributed by atoms with E-state index in [4.69, 9.17) is 5.73 Å². The third kappa shape index (κ3) is 3.87. The number of likely N-dealkylation sites (tertiary alicyclic amines) is 1. The average molecular weight is 213 g/mol. The zero-order valence-electron chi connectivity index (χ0n) is 9.16. The first-order valence-electron chi connectivity index (χ1n) is 5.38. The minimum Gasteiger partial charge on any atom is -0.346 e. The quantitative estimate of drug-likeness (QED) is 0.652. The summed E-state index contributed by atoms with van der Waals surface area (Å²) in [7, 11) is 0. The molecule has 0 aromatic carbocycles. The number of piperidine rings is 1. The Hall–Kier alpha value is -1.10. The Morgan fingerprint density at radius 2 is 2.27 bits per heavy atom. The first kappa shape index (κ1) is 12.0. The Kier molecular flexibility index (Phi) is 4.55. The number of nitrogens with zero attached hydrogens (tertiary/aromatic N) is 1.